The first-order chi connectivity index (χ1) is 9.18. The number of hydrogen-bond donors (Lipinski definition) is 3. The van der Waals surface area contributed by atoms with Crippen LogP contribution in [0.2, 0.25) is 0 Å². The second kappa shape index (κ2) is 4.94. The maximum Gasteiger partial charge on any atom is 0.272 e. The Morgan fingerprint density at radius 3 is 3.26 bits per heavy atom. The number of carbonyl (C=O) groups excluding carboxylic acids is 1. The van der Waals surface area contributed by atoms with Gasteiger partial charge in [-0.2, -0.15) is 5.10 Å². The molecule has 2 aliphatic heterocycles. The second-order valence-electron chi connectivity index (χ2n) is 5.54. The molecule has 1 unspecified atom stereocenters. The summed E-state index contributed by atoms with van der Waals surface area (Å²) in [5, 5.41) is 13.3. The third-order valence-electron chi connectivity index (χ3n) is 3.94. The van der Waals surface area contributed by atoms with Gasteiger partial charge in [0, 0.05) is 43.9 Å². The number of rotatable bonds is 3. The van der Waals surface area contributed by atoms with E-state index in [4.69, 9.17) is 4.74 Å². The number of aromatic amines is 1. The van der Waals surface area contributed by atoms with Gasteiger partial charge < -0.3 is 15.4 Å². The number of nitrogens with zero attached hydrogens (tertiary/aromatic N) is 1. The van der Waals surface area contributed by atoms with Crippen molar-refractivity contribution in [2.24, 2.45) is 0 Å². The van der Waals surface area contributed by atoms with Crippen LogP contribution in [-0.4, -0.2) is 41.4 Å². The van der Waals surface area contributed by atoms with Crippen molar-refractivity contribution < 1.29 is 9.53 Å². The van der Waals surface area contributed by atoms with Crippen molar-refractivity contribution in [3.8, 4) is 0 Å². The smallest absolute Gasteiger partial charge is 0.272 e. The Labute approximate surface area is 112 Å². The quantitative estimate of drug-likeness (QED) is 0.736. The lowest BCUT2D eigenvalue weighted by Gasteiger charge is -2.23. The summed E-state index contributed by atoms with van der Waals surface area (Å²) in [6.07, 6.45) is 2.96. The first-order valence-corrected chi connectivity index (χ1v) is 6.87. The normalized spacial score (nSPS) is 26.2. The van der Waals surface area contributed by atoms with Gasteiger partial charge in [0.2, 0.25) is 0 Å². The molecule has 6 nitrogen and oxygen atoms in total. The van der Waals surface area contributed by atoms with E-state index in [1.807, 2.05) is 6.92 Å². The van der Waals surface area contributed by atoms with E-state index in [1.165, 1.54) is 0 Å². The number of ether oxygens (including phenoxy) is 1. The van der Waals surface area contributed by atoms with Crippen LogP contribution in [0.25, 0.3) is 0 Å². The Hall–Kier alpha value is -1.40. The molecule has 1 aromatic heterocycles. The van der Waals surface area contributed by atoms with Crippen LogP contribution in [0.1, 0.15) is 41.5 Å². The molecule has 0 aromatic carbocycles. The van der Waals surface area contributed by atoms with Crippen LogP contribution in [0.4, 0.5) is 0 Å². The molecule has 0 spiro atoms. The van der Waals surface area contributed by atoms with E-state index in [0.717, 1.165) is 43.7 Å². The number of H-pyrrole nitrogens is 1. The van der Waals surface area contributed by atoms with Crippen molar-refractivity contribution >= 4 is 5.91 Å². The van der Waals surface area contributed by atoms with E-state index < -0.39 is 0 Å². The molecule has 19 heavy (non-hydrogen) atoms. The van der Waals surface area contributed by atoms with Gasteiger partial charge in [-0.1, -0.05) is 0 Å². The number of amides is 1. The molecule has 0 bridgehead atoms. The van der Waals surface area contributed by atoms with E-state index in [9.17, 15) is 4.79 Å². The highest BCUT2D eigenvalue weighted by molar-refractivity contribution is 5.94. The molecule has 3 rings (SSSR count). The lowest BCUT2D eigenvalue weighted by atomic mass is 10.0. The highest BCUT2D eigenvalue weighted by Gasteiger charge is 2.31. The fourth-order valence-corrected chi connectivity index (χ4v) is 2.74. The van der Waals surface area contributed by atoms with Crippen LogP contribution in [0.15, 0.2) is 0 Å². The molecular formula is C13H20N4O2. The molecule has 3 N–H and O–H groups in total. The summed E-state index contributed by atoms with van der Waals surface area (Å²) < 4.78 is 5.67. The predicted molar refractivity (Wildman–Crippen MR) is 69.9 cm³/mol. The molecule has 1 amide bonds. The van der Waals surface area contributed by atoms with Crippen LogP contribution in [0.3, 0.4) is 0 Å². The van der Waals surface area contributed by atoms with Gasteiger partial charge in [0.15, 0.2) is 5.69 Å². The first-order valence-electron chi connectivity index (χ1n) is 6.87. The molecule has 2 aliphatic rings. The van der Waals surface area contributed by atoms with Crippen LogP contribution in [-0.2, 0) is 17.7 Å². The van der Waals surface area contributed by atoms with Gasteiger partial charge in [-0.25, -0.2) is 0 Å². The zero-order valence-electron chi connectivity index (χ0n) is 11.2. The summed E-state index contributed by atoms with van der Waals surface area (Å²) in [6, 6.07) is 0. The van der Waals surface area contributed by atoms with Crippen molar-refractivity contribution in [3.05, 3.63) is 17.0 Å². The van der Waals surface area contributed by atoms with Gasteiger partial charge in [-0.3, -0.25) is 9.89 Å². The van der Waals surface area contributed by atoms with Crippen molar-refractivity contribution in [2.45, 2.75) is 38.3 Å². The minimum absolute atomic E-state index is 0.113. The SMILES string of the molecule is CC1(CNC(=O)c2n[nH]c3c2CNCC3)CCCO1. The van der Waals surface area contributed by atoms with Crippen LogP contribution >= 0.6 is 0 Å². The third kappa shape index (κ3) is 2.50. The molecule has 0 radical (unpaired) electrons. The van der Waals surface area contributed by atoms with E-state index in [1.54, 1.807) is 0 Å². The second-order valence-corrected chi connectivity index (χ2v) is 5.54. The Kier molecular flexibility index (Phi) is 3.28. The average Bonchev–Trinajstić information content (AvgIpc) is 3.03. The third-order valence-corrected chi connectivity index (χ3v) is 3.94. The monoisotopic (exact) mass is 264 g/mol. The number of aromatic nitrogens is 2. The number of fused-ring (bicyclic) bond motifs is 1. The lowest BCUT2D eigenvalue weighted by Crippen LogP contribution is -2.40. The molecule has 1 atom stereocenters. The van der Waals surface area contributed by atoms with E-state index in [0.29, 0.717) is 18.8 Å². The fraction of sp³-hybridized carbons (Fsp3) is 0.692. The molecule has 1 fully saturated rings. The number of carbonyl (C=O) groups is 1. The van der Waals surface area contributed by atoms with E-state index in [2.05, 4.69) is 20.8 Å². The Bertz CT molecular complexity index is 477. The summed E-state index contributed by atoms with van der Waals surface area (Å²) in [6.45, 7) is 5.02. The van der Waals surface area contributed by atoms with Crippen LogP contribution in [0, 0.1) is 0 Å². The molecule has 0 aliphatic carbocycles. The maximum absolute atomic E-state index is 12.2. The molecule has 0 saturated carbocycles. The zero-order chi connectivity index (χ0) is 13.3. The van der Waals surface area contributed by atoms with Crippen LogP contribution in [0.5, 0.6) is 0 Å². The van der Waals surface area contributed by atoms with E-state index >= 15 is 0 Å². The van der Waals surface area contributed by atoms with Gasteiger partial charge >= 0.3 is 0 Å². The van der Waals surface area contributed by atoms with Crippen LogP contribution < -0.4 is 10.6 Å². The standard InChI is InChI=1S/C13H20N4O2/c1-13(4-2-6-19-13)8-15-12(18)11-9-7-14-5-3-10(9)16-17-11/h14H,2-8H2,1H3,(H,15,18)(H,16,17). The van der Waals surface area contributed by atoms with Gasteiger partial charge in [-0.05, 0) is 19.8 Å². The highest BCUT2D eigenvalue weighted by atomic mass is 16.5. The molecular weight excluding hydrogens is 244 g/mol. The summed E-state index contributed by atoms with van der Waals surface area (Å²) in [4.78, 5) is 12.2. The molecule has 6 heteroatoms. The van der Waals surface area contributed by atoms with Gasteiger partial charge in [0.25, 0.3) is 5.91 Å². The summed E-state index contributed by atoms with van der Waals surface area (Å²) in [7, 11) is 0. The maximum atomic E-state index is 12.2. The Morgan fingerprint density at radius 1 is 1.58 bits per heavy atom. The summed E-state index contributed by atoms with van der Waals surface area (Å²) in [5.74, 6) is -0.113. The summed E-state index contributed by atoms with van der Waals surface area (Å²) >= 11 is 0. The molecule has 1 aromatic rings. The molecule has 104 valence electrons. The van der Waals surface area contributed by atoms with Gasteiger partial charge in [0.1, 0.15) is 0 Å². The summed E-state index contributed by atoms with van der Waals surface area (Å²) in [5.41, 5.74) is 2.38. The van der Waals surface area contributed by atoms with Crippen molar-refractivity contribution in [3.63, 3.8) is 0 Å². The molecule has 3 heterocycles. The van der Waals surface area contributed by atoms with E-state index in [-0.39, 0.29) is 11.5 Å². The number of nitrogens with one attached hydrogen (secondary N) is 3. The van der Waals surface area contributed by atoms with Crippen molar-refractivity contribution in [1.82, 2.24) is 20.8 Å². The number of hydrogen-bond acceptors (Lipinski definition) is 4. The van der Waals surface area contributed by atoms with Crippen molar-refractivity contribution in [1.29, 1.82) is 0 Å². The lowest BCUT2D eigenvalue weighted by molar-refractivity contribution is 0.0205. The molecule has 1 saturated heterocycles. The topological polar surface area (TPSA) is 79.0 Å². The fourth-order valence-electron chi connectivity index (χ4n) is 2.74. The largest absolute Gasteiger partial charge is 0.373 e. The zero-order valence-corrected chi connectivity index (χ0v) is 11.2. The van der Waals surface area contributed by atoms with Gasteiger partial charge in [0.05, 0.1) is 5.60 Å². The Morgan fingerprint density at radius 2 is 2.47 bits per heavy atom. The average molecular weight is 264 g/mol. The first kappa shape index (κ1) is 12.6. The predicted octanol–water partition coefficient (Wildman–Crippen LogP) is 0.354. The highest BCUT2D eigenvalue weighted by Crippen LogP contribution is 2.24. The minimum atomic E-state index is -0.218. The Balaban J connectivity index is 1.65. The van der Waals surface area contributed by atoms with Gasteiger partial charge in [-0.15, -0.1) is 0 Å². The minimum Gasteiger partial charge on any atom is -0.373 e. The van der Waals surface area contributed by atoms with Crippen molar-refractivity contribution in [2.75, 3.05) is 19.7 Å².